The Bertz CT molecular complexity index is 118. The fourth-order valence-corrected chi connectivity index (χ4v) is 0.498. The van der Waals surface area contributed by atoms with Gasteiger partial charge in [-0.25, -0.2) is 0 Å². The van der Waals surface area contributed by atoms with Gasteiger partial charge in [-0.1, -0.05) is 0 Å². The Balaban J connectivity index is 2.22. The van der Waals surface area contributed by atoms with Gasteiger partial charge in [-0.3, -0.25) is 14.9 Å². The molecule has 1 fully saturated rings. The lowest BCUT2D eigenvalue weighted by atomic mass is 10.4. The van der Waals surface area contributed by atoms with Crippen LogP contribution in [0.4, 0.5) is 0 Å². The molecular formula is C5H6NO2. The van der Waals surface area contributed by atoms with Gasteiger partial charge in [0.05, 0.1) is 0 Å². The quantitative estimate of drug-likeness (QED) is 0.493. The Morgan fingerprint density at radius 2 is 2.25 bits per heavy atom. The second-order valence-corrected chi connectivity index (χ2v) is 1.87. The maximum absolute atomic E-state index is 10.4. The summed E-state index contributed by atoms with van der Waals surface area (Å²) < 4.78 is 0. The van der Waals surface area contributed by atoms with Gasteiger partial charge < -0.3 is 0 Å². The zero-order valence-electron chi connectivity index (χ0n) is 4.31. The number of rotatable bonds is 2. The van der Waals surface area contributed by atoms with Crippen molar-refractivity contribution in [2.75, 3.05) is 0 Å². The molecule has 8 heavy (non-hydrogen) atoms. The summed E-state index contributed by atoms with van der Waals surface area (Å²) in [5, 5.41) is 1.96. The summed E-state index contributed by atoms with van der Waals surface area (Å²) in [6.07, 6.45) is 3.19. The second-order valence-electron chi connectivity index (χ2n) is 1.87. The molecule has 1 saturated carbocycles. The van der Waals surface area contributed by atoms with Gasteiger partial charge in [0.2, 0.25) is 5.91 Å². The molecule has 1 N–H and O–H groups in total. The summed E-state index contributed by atoms with van der Waals surface area (Å²) in [5.41, 5.74) is 0. The van der Waals surface area contributed by atoms with E-state index in [0.717, 1.165) is 12.8 Å². The Morgan fingerprint density at radius 3 is 2.62 bits per heavy atom. The van der Waals surface area contributed by atoms with Crippen molar-refractivity contribution in [1.29, 1.82) is 0 Å². The summed E-state index contributed by atoms with van der Waals surface area (Å²) in [5.74, 6) is -0.0727. The van der Waals surface area contributed by atoms with Crippen molar-refractivity contribution in [3.8, 4) is 0 Å². The van der Waals surface area contributed by atoms with E-state index in [9.17, 15) is 9.59 Å². The summed E-state index contributed by atoms with van der Waals surface area (Å²) in [7, 11) is 0. The molecular weight excluding hydrogens is 106 g/mol. The predicted molar refractivity (Wildman–Crippen MR) is 26.6 cm³/mol. The lowest BCUT2D eigenvalue weighted by molar-refractivity contribution is -0.120. The van der Waals surface area contributed by atoms with E-state index in [0.29, 0.717) is 0 Å². The van der Waals surface area contributed by atoms with Gasteiger partial charge in [0.1, 0.15) is 0 Å². The molecule has 1 rings (SSSR count). The highest BCUT2D eigenvalue weighted by Crippen LogP contribution is 2.28. The molecule has 0 aromatic rings. The van der Waals surface area contributed by atoms with E-state index in [1.165, 1.54) is 6.41 Å². The van der Waals surface area contributed by atoms with Gasteiger partial charge in [-0.2, -0.15) is 0 Å². The van der Waals surface area contributed by atoms with Crippen molar-refractivity contribution in [1.82, 2.24) is 5.32 Å². The van der Waals surface area contributed by atoms with Crippen molar-refractivity contribution in [2.45, 2.75) is 12.8 Å². The van der Waals surface area contributed by atoms with Gasteiger partial charge in [-0.15, -0.1) is 0 Å². The van der Waals surface area contributed by atoms with E-state index in [-0.39, 0.29) is 11.8 Å². The summed E-state index contributed by atoms with van der Waals surface area (Å²) in [6.45, 7) is 0. The standard InChI is InChI=1S/C5H6NO2/c7-3-6-5(8)4-1-2-4/h4H,1-2H2,(H,6,7,8). The fraction of sp³-hybridized carbons (Fsp3) is 0.600. The van der Waals surface area contributed by atoms with Crippen molar-refractivity contribution in [3.05, 3.63) is 0 Å². The Hall–Kier alpha value is -0.860. The number of hydrogen-bond donors (Lipinski definition) is 1. The molecule has 0 aromatic carbocycles. The first-order chi connectivity index (χ1) is 3.84. The number of nitrogens with one attached hydrogen (secondary N) is 1. The lowest BCUT2D eigenvalue weighted by Crippen LogP contribution is -2.22. The summed E-state index contributed by atoms with van der Waals surface area (Å²) in [6, 6.07) is 0. The number of carbonyl (C=O) groups is 1. The van der Waals surface area contributed by atoms with E-state index >= 15 is 0 Å². The molecule has 0 aromatic heterocycles. The molecule has 0 bridgehead atoms. The third kappa shape index (κ3) is 1.05. The van der Waals surface area contributed by atoms with Crippen LogP contribution in [-0.4, -0.2) is 12.3 Å². The minimum absolute atomic E-state index is 0.108. The van der Waals surface area contributed by atoms with Gasteiger partial charge >= 0.3 is 6.41 Å². The normalized spacial score (nSPS) is 17.5. The van der Waals surface area contributed by atoms with Crippen molar-refractivity contribution >= 4 is 12.3 Å². The van der Waals surface area contributed by atoms with E-state index in [1.807, 2.05) is 5.32 Å². The highest BCUT2D eigenvalue weighted by atomic mass is 16.2. The van der Waals surface area contributed by atoms with Crippen molar-refractivity contribution in [2.24, 2.45) is 5.92 Å². The third-order valence-corrected chi connectivity index (χ3v) is 1.12. The number of hydrogen-bond acceptors (Lipinski definition) is 2. The first-order valence-corrected chi connectivity index (χ1v) is 2.51. The van der Waals surface area contributed by atoms with Crippen LogP contribution in [0, 0.1) is 5.92 Å². The average molecular weight is 112 g/mol. The number of carbonyl (C=O) groups excluding carboxylic acids is 2. The van der Waals surface area contributed by atoms with Crippen LogP contribution in [0.15, 0.2) is 0 Å². The van der Waals surface area contributed by atoms with Crippen LogP contribution in [0.2, 0.25) is 0 Å². The average Bonchev–Trinajstić information content (AvgIpc) is 2.45. The summed E-state index contributed by atoms with van der Waals surface area (Å²) in [4.78, 5) is 19.9. The molecule has 0 atom stereocenters. The predicted octanol–water partition coefficient (Wildman–Crippen LogP) is -0.420. The minimum Gasteiger partial charge on any atom is -0.288 e. The lowest BCUT2D eigenvalue weighted by Gasteiger charge is -1.87. The van der Waals surface area contributed by atoms with Gasteiger partial charge in [0.15, 0.2) is 0 Å². The molecule has 1 aliphatic carbocycles. The monoisotopic (exact) mass is 112 g/mol. The molecule has 43 valence electrons. The molecule has 1 aliphatic rings. The third-order valence-electron chi connectivity index (χ3n) is 1.12. The van der Waals surface area contributed by atoms with Crippen LogP contribution in [0.5, 0.6) is 0 Å². The largest absolute Gasteiger partial charge is 0.316 e. The maximum Gasteiger partial charge on any atom is 0.316 e. The van der Waals surface area contributed by atoms with Crippen LogP contribution >= 0.6 is 0 Å². The number of amides is 2. The minimum atomic E-state index is -0.181. The van der Waals surface area contributed by atoms with Gasteiger partial charge in [-0.05, 0) is 12.8 Å². The van der Waals surface area contributed by atoms with Crippen molar-refractivity contribution in [3.63, 3.8) is 0 Å². The van der Waals surface area contributed by atoms with E-state index in [4.69, 9.17) is 0 Å². The molecule has 0 heterocycles. The Kier molecular flexibility index (Phi) is 1.28. The zero-order valence-corrected chi connectivity index (χ0v) is 4.31. The fourth-order valence-electron chi connectivity index (χ4n) is 0.498. The maximum atomic E-state index is 10.4. The Labute approximate surface area is 47.1 Å². The molecule has 3 nitrogen and oxygen atoms in total. The van der Waals surface area contributed by atoms with Crippen molar-refractivity contribution < 1.29 is 9.59 Å². The van der Waals surface area contributed by atoms with Crippen LogP contribution in [0.3, 0.4) is 0 Å². The highest BCUT2D eigenvalue weighted by Gasteiger charge is 2.29. The highest BCUT2D eigenvalue weighted by molar-refractivity contribution is 5.89. The molecule has 0 spiro atoms. The zero-order chi connectivity index (χ0) is 5.98. The van der Waals surface area contributed by atoms with Crippen LogP contribution < -0.4 is 5.32 Å². The van der Waals surface area contributed by atoms with E-state index in [1.54, 1.807) is 0 Å². The van der Waals surface area contributed by atoms with Crippen LogP contribution in [0.25, 0.3) is 0 Å². The van der Waals surface area contributed by atoms with Gasteiger partial charge in [0, 0.05) is 5.92 Å². The molecule has 3 heteroatoms. The van der Waals surface area contributed by atoms with Crippen LogP contribution in [-0.2, 0) is 9.59 Å². The molecule has 0 saturated heterocycles. The first kappa shape index (κ1) is 5.28. The first-order valence-electron chi connectivity index (χ1n) is 2.51. The van der Waals surface area contributed by atoms with Crippen LogP contribution in [0.1, 0.15) is 12.8 Å². The molecule has 2 amide bonds. The van der Waals surface area contributed by atoms with Gasteiger partial charge in [0.25, 0.3) is 0 Å². The van der Waals surface area contributed by atoms with E-state index < -0.39 is 0 Å². The summed E-state index contributed by atoms with van der Waals surface area (Å²) >= 11 is 0. The molecule has 0 aliphatic heterocycles. The second kappa shape index (κ2) is 1.94. The molecule has 0 unspecified atom stereocenters. The SMILES string of the molecule is O=[C]NC(=O)C1CC1. The Morgan fingerprint density at radius 1 is 1.62 bits per heavy atom. The topological polar surface area (TPSA) is 46.2 Å². The number of imide groups is 1. The molecule has 1 radical (unpaired) electrons. The smallest absolute Gasteiger partial charge is 0.288 e. The van der Waals surface area contributed by atoms with E-state index in [2.05, 4.69) is 0 Å².